The largest absolute Gasteiger partial charge is 0.372 e. The quantitative estimate of drug-likeness (QED) is 0.362. The van der Waals surface area contributed by atoms with Crippen LogP contribution in [-0.4, -0.2) is 28.7 Å². The van der Waals surface area contributed by atoms with Crippen LogP contribution in [0.1, 0.15) is 0 Å². The molecule has 1 aliphatic rings. The van der Waals surface area contributed by atoms with Crippen LogP contribution in [0.25, 0.3) is 0 Å². The molecule has 0 radical (unpaired) electrons. The van der Waals surface area contributed by atoms with Crippen molar-refractivity contribution in [3.05, 3.63) is 12.7 Å². The lowest BCUT2D eigenvalue weighted by molar-refractivity contribution is -0.122. The van der Waals surface area contributed by atoms with Gasteiger partial charge in [-0.3, -0.25) is 4.79 Å². The Bertz CT molecular complexity index is 132. The summed E-state index contributed by atoms with van der Waals surface area (Å²) >= 11 is 0. The van der Waals surface area contributed by atoms with Crippen molar-refractivity contribution in [3.63, 3.8) is 0 Å². The fraction of sp³-hybridized carbons (Fsp3) is 0.400. The smallest absolute Gasteiger partial charge is 0.248 e. The number of hydrogen-bond acceptors (Lipinski definition) is 2. The van der Waals surface area contributed by atoms with E-state index < -0.39 is 6.23 Å². The molecule has 0 aliphatic carbocycles. The second-order valence-corrected chi connectivity index (χ2v) is 1.68. The molecular formula is C5H7NO2. The van der Waals surface area contributed by atoms with Crippen molar-refractivity contribution >= 4 is 5.91 Å². The molecule has 0 spiro atoms. The van der Waals surface area contributed by atoms with E-state index in [2.05, 4.69) is 6.58 Å². The van der Waals surface area contributed by atoms with E-state index in [4.69, 9.17) is 5.11 Å². The summed E-state index contributed by atoms with van der Waals surface area (Å²) in [5, 5.41) is 8.59. The summed E-state index contributed by atoms with van der Waals surface area (Å²) in [5.74, 6) is -0.197. The average molecular weight is 113 g/mol. The van der Waals surface area contributed by atoms with Gasteiger partial charge in [0.05, 0.1) is 6.54 Å². The Kier molecular flexibility index (Phi) is 1.06. The van der Waals surface area contributed by atoms with Crippen LogP contribution in [0, 0.1) is 0 Å². The highest BCUT2D eigenvalue weighted by molar-refractivity contribution is 5.88. The summed E-state index contributed by atoms with van der Waals surface area (Å²) in [5.41, 5.74) is 0. The molecule has 1 atom stereocenters. The summed E-state index contributed by atoms with van der Waals surface area (Å²) < 4.78 is 0. The van der Waals surface area contributed by atoms with Gasteiger partial charge in [-0.2, -0.15) is 0 Å². The minimum Gasteiger partial charge on any atom is -0.372 e. The predicted molar refractivity (Wildman–Crippen MR) is 27.9 cm³/mol. The Balaban J connectivity index is 2.39. The van der Waals surface area contributed by atoms with Gasteiger partial charge in [0, 0.05) is 0 Å². The van der Waals surface area contributed by atoms with Crippen molar-refractivity contribution in [2.24, 2.45) is 0 Å². The number of nitrogens with zero attached hydrogens (tertiary/aromatic N) is 1. The van der Waals surface area contributed by atoms with Crippen LogP contribution in [0.3, 0.4) is 0 Å². The zero-order valence-electron chi connectivity index (χ0n) is 4.37. The summed E-state index contributed by atoms with van der Waals surface area (Å²) in [6.07, 6.45) is 0.649. The van der Waals surface area contributed by atoms with Crippen LogP contribution < -0.4 is 0 Å². The molecule has 8 heavy (non-hydrogen) atoms. The standard InChI is InChI=1S/C5H7NO2/c1-2-4(7)6-3-5(6)8/h2,5,8H,1,3H2. The molecular weight excluding hydrogens is 106 g/mol. The molecule has 0 aromatic carbocycles. The van der Waals surface area contributed by atoms with Gasteiger partial charge in [0.15, 0.2) is 0 Å². The third-order valence-corrected chi connectivity index (χ3v) is 1.04. The van der Waals surface area contributed by atoms with Crippen LogP contribution in [0.15, 0.2) is 12.7 Å². The maximum absolute atomic E-state index is 10.4. The Morgan fingerprint density at radius 1 is 2.00 bits per heavy atom. The summed E-state index contributed by atoms with van der Waals surface area (Å²) in [4.78, 5) is 11.7. The third-order valence-electron chi connectivity index (χ3n) is 1.04. The molecule has 1 N–H and O–H groups in total. The van der Waals surface area contributed by atoms with Crippen LogP contribution in [0.5, 0.6) is 0 Å². The Labute approximate surface area is 47.2 Å². The molecule has 1 unspecified atom stereocenters. The van der Waals surface area contributed by atoms with Gasteiger partial charge in [0.1, 0.15) is 6.23 Å². The Hall–Kier alpha value is -0.830. The fourth-order valence-electron chi connectivity index (χ4n) is 0.483. The molecule has 44 valence electrons. The molecule has 1 heterocycles. The molecule has 1 saturated heterocycles. The van der Waals surface area contributed by atoms with Gasteiger partial charge in [-0.05, 0) is 6.08 Å². The number of aliphatic hydroxyl groups is 1. The zero-order valence-corrected chi connectivity index (χ0v) is 4.37. The maximum Gasteiger partial charge on any atom is 0.248 e. The summed E-state index contributed by atoms with van der Waals surface area (Å²) in [6.45, 7) is 3.72. The first-order valence-corrected chi connectivity index (χ1v) is 2.37. The first-order valence-electron chi connectivity index (χ1n) is 2.37. The minimum absolute atomic E-state index is 0.197. The van der Waals surface area contributed by atoms with E-state index in [0.29, 0.717) is 6.54 Å². The van der Waals surface area contributed by atoms with E-state index in [1.807, 2.05) is 0 Å². The second-order valence-electron chi connectivity index (χ2n) is 1.68. The normalized spacial score (nSPS) is 25.1. The molecule has 1 fully saturated rings. The van der Waals surface area contributed by atoms with E-state index in [1.165, 1.54) is 11.0 Å². The van der Waals surface area contributed by atoms with Gasteiger partial charge < -0.3 is 10.0 Å². The van der Waals surface area contributed by atoms with Gasteiger partial charge in [-0.15, -0.1) is 0 Å². The SMILES string of the molecule is C=CC(=O)N1CC1O. The summed E-state index contributed by atoms with van der Waals surface area (Å²) in [6, 6.07) is 0. The van der Waals surface area contributed by atoms with Crippen LogP contribution in [0.2, 0.25) is 0 Å². The number of aliphatic hydroxyl groups excluding tert-OH is 1. The zero-order chi connectivity index (χ0) is 6.15. The Morgan fingerprint density at radius 3 is 2.62 bits per heavy atom. The predicted octanol–water partition coefficient (Wildman–Crippen LogP) is -0.667. The number of carbonyl (C=O) groups excluding carboxylic acids is 1. The molecule has 0 aromatic rings. The molecule has 0 bridgehead atoms. The van der Waals surface area contributed by atoms with E-state index in [9.17, 15) is 4.79 Å². The van der Waals surface area contributed by atoms with Crippen LogP contribution in [0.4, 0.5) is 0 Å². The van der Waals surface area contributed by atoms with Gasteiger partial charge in [0.2, 0.25) is 5.91 Å². The number of carbonyl (C=O) groups is 1. The van der Waals surface area contributed by atoms with Crippen LogP contribution in [-0.2, 0) is 4.79 Å². The van der Waals surface area contributed by atoms with Crippen molar-refractivity contribution in [2.45, 2.75) is 6.23 Å². The molecule has 0 saturated carbocycles. The number of β-amino-alcohol motifs (C(OH)–C–C–N with tert-alkyl or cyclic N) is 1. The molecule has 0 aromatic heterocycles. The van der Waals surface area contributed by atoms with Crippen molar-refractivity contribution < 1.29 is 9.90 Å². The second kappa shape index (κ2) is 1.59. The summed E-state index contributed by atoms with van der Waals surface area (Å²) in [7, 11) is 0. The highest BCUT2D eigenvalue weighted by atomic mass is 16.3. The van der Waals surface area contributed by atoms with Gasteiger partial charge in [0.25, 0.3) is 0 Å². The molecule has 1 amide bonds. The lowest BCUT2D eigenvalue weighted by Gasteiger charge is -1.90. The van der Waals surface area contributed by atoms with Crippen molar-refractivity contribution in [1.29, 1.82) is 0 Å². The van der Waals surface area contributed by atoms with E-state index in [1.54, 1.807) is 0 Å². The maximum atomic E-state index is 10.4. The molecule has 3 heteroatoms. The van der Waals surface area contributed by atoms with Crippen molar-refractivity contribution in [2.75, 3.05) is 6.54 Å². The highest BCUT2D eigenvalue weighted by Gasteiger charge is 2.34. The number of rotatable bonds is 1. The van der Waals surface area contributed by atoms with E-state index in [0.717, 1.165) is 0 Å². The third kappa shape index (κ3) is 0.721. The highest BCUT2D eigenvalue weighted by Crippen LogP contribution is 2.12. The van der Waals surface area contributed by atoms with Gasteiger partial charge in [-0.25, -0.2) is 0 Å². The van der Waals surface area contributed by atoms with Crippen molar-refractivity contribution in [3.8, 4) is 0 Å². The van der Waals surface area contributed by atoms with E-state index in [-0.39, 0.29) is 5.91 Å². The molecule has 1 rings (SSSR count). The number of hydrogen-bond donors (Lipinski definition) is 1. The minimum atomic E-state index is -0.541. The van der Waals surface area contributed by atoms with Gasteiger partial charge >= 0.3 is 0 Å². The average Bonchev–Trinajstić information content (AvgIpc) is 2.45. The van der Waals surface area contributed by atoms with Gasteiger partial charge in [-0.1, -0.05) is 6.58 Å². The van der Waals surface area contributed by atoms with Crippen molar-refractivity contribution in [1.82, 2.24) is 4.90 Å². The first-order chi connectivity index (χ1) is 3.75. The van der Waals surface area contributed by atoms with Crippen LogP contribution >= 0.6 is 0 Å². The first kappa shape index (κ1) is 5.31. The Morgan fingerprint density at radius 2 is 2.50 bits per heavy atom. The lowest BCUT2D eigenvalue weighted by Crippen LogP contribution is -2.08. The number of amides is 1. The molecule has 1 aliphatic heterocycles. The fourth-order valence-corrected chi connectivity index (χ4v) is 0.483. The lowest BCUT2D eigenvalue weighted by atomic mass is 10.6. The van der Waals surface area contributed by atoms with E-state index >= 15 is 0 Å². The molecule has 3 nitrogen and oxygen atoms in total. The topological polar surface area (TPSA) is 40.3 Å². The monoisotopic (exact) mass is 113 g/mol.